The zero-order valence-electron chi connectivity index (χ0n) is 20.3. The molecule has 1 unspecified atom stereocenters. The number of carbonyl (C=O) groups excluding carboxylic acids is 1. The summed E-state index contributed by atoms with van der Waals surface area (Å²) in [5.74, 6) is -0.477. The molecule has 2 heterocycles. The highest BCUT2D eigenvalue weighted by Gasteiger charge is 2.31. The molecule has 0 bridgehead atoms. The molecule has 1 saturated heterocycles. The maximum absolute atomic E-state index is 13.2. The van der Waals surface area contributed by atoms with Crippen molar-refractivity contribution in [2.45, 2.75) is 25.1 Å². The topological polar surface area (TPSA) is 65.5 Å². The van der Waals surface area contributed by atoms with Gasteiger partial charge in [-0.05, 0) is 78.9 Å². The Kier molecular flexibility index (Phi) is 7.03. The van der Waals surface area contributed by atoms with Gasteiger partial charge in [0, 0.05) is 41.6 Å². The van der Waals surface area contributed by atoms with Gasteiger partial charge < -0.3 is 15.3 Å². The summed E-state index contributed by atoms with van der Waals surface area (Å²) in [6.45, 7) is 1.01. The SMILES string of the molecule is O=C(c1ccc(Nc2ccnc3cc(C(F)(F)F)ccc23)cc1)N1CCC(C(O)c2ccc(F)cc2)CC1. The fraction of sp³-hybridized carbons (Fsp3) is 0.241. The summed E-state index contributed by atoms with van der Waals surface area (Å²) in [6, 6.07) is 17.8. The van der Waals surface area contributed by atoms with Crippen LogP contribution in [-0.4, -0.2) is 34.0 Å². The van der Waals surface area contributed by atoms with Gasteiger partial charge in [-0.25, -0.2) is 4.39 Å². The molecule has 0 aliphatic carbocycles. The lowest BCUT2D eigenvalue weighted by Gasteiger charge is -2.34. The van der Waals surface area contributed by atoms with Gasteiger partial charge in [0.15, 0.2) is 0 Å². The van der Waals surface area contributed by atoms with Crippen molar-refractivity contribution in [2.24, 2.45) is 5.92 Å². The summed E-state index contributed by atoms with van der Waals surface area (Å²) < 4.78 is 52.3. The lowest BCUT2D eigenvalue weighted by Crippen LogP contribution is -2.39. The standard InChI is InChI=1S/C29H25F4N3O2/c30-22-6-1-18(2-7-22)27(37)19-12-15-36(16-13-19)28(38)20-3-8-23(9-4-20)35-25-11-14-34-26-17-21(29(31,32)33)5-10-24(25)26/h1-11,14,17,19,27,37H,12-13,15-16H2,(H,34,35). The second-order valence-electron chi connectivity index (χ2n) is 9.42. The number of anilines is 2. The Morgan fingerprint density at radius 2 is 1.66 bits per heavy atom. The molecule has 2 N–H and O–H groups in total. The molecule has 4 aromatic rings. The Balaban J connectivity index is 1.22. The second kappa shape index (κ2) is 10.4. The number of hydrogen-bond acceptors (Lipinski definition) is 4. The van der Waals surface area contributed by atoms with Gasteiger partial charge in [0.1, 0.15) is 5.82 Å². The van der Waals surface area contributed by atoms with E-state index in [1.54, 1.807) is 47.4 Å². The number of rotatable bonds is 5. The third kappa shape index (κ3) is 5.47. The van der Waals surface area contributed by atoms with Gasteiger partial charge in [-0.2, -0.15) is 13.2 Å². The number of amides is 1. The predicted molar refractivity (Wildman–Crippen MR) is 136 cm³/mol. The maximum atomic E-state index is 13.2. The van der Waals surface area contributed by atoms with Gasteiger partial charge in [0.05, 0.1) is 17.2 Å². The summed E-state index contributed by atoms with van der Waals surface area (Å²) in [5.41, 5.74) is 1.93. The minimum Gasteiger partial charge on any atom is -0.388 e. The Morgan fingerprint density at radius 3 is 2.32 bits per heavy atom. The molecule has 0 saturated carbocycles. The first-order chi connectivity index (χ1) is 18.2. The van der Waals surface area contributed by atoms with Gasteiger partial charge in [-0.15, -0.1) is 0 Å². The van der Waals surface area contributed by atoms with Gasteiger partial charge in [-0.3, -0.25) is 9.78 Å². The molecule has 1 aliphatic rings. The minimum atomic E-state index is -4.45. The number of hydrogen-bond donors (Lipinski definition) is 2. The van der Waals surface area contributed by atoms with E-state index in [0.717, 1.165) is 12.1 Å². The molecule has 1 aromatic heterocycles. The lowest BCUT2D eigenvalue weighted by atomic mass is 9.87. The Labute approximate surface area is 216 Å². The van der Waals surface area contributed by atoms with Crippen molar-refractivity contribution in [3.63, 3.8) is 0 Å². The number of fused-ring (bicyclic) bond motifs is 1. The van der Waals surface area contributed by atoms with Crippen molar-refractivity contribution in [1.29, 1.82) is 0 Å². The monoisotopic (exact) mass is 523 g/mol. The lowest BCUT2D eigenvalue weighted by molar-refractivity contribution is -0.137. The zero-order chi connectivity index (χ0) is 26.9. The van der Waals surface area contributed by atoms with E-state index in [9.17, 15) is 27.5 Å². The Morgan fingerprint density at radius 1 is 0.974 bits per heavy atom. The number of aliphatic hydroxyl groups excluding tert-OH is 1. The van der Waals surface area contributed by atoms with Crippen molar-refractivity contribution < 1.29 is 27.5 Å². The Hall–Kier alpha value is -3.98. The predicted octanol–water partition coefficient (Wildman–Crippen LogP) is 6.72. The van der Waals surface area contributed by atoms with Crippen LogP contribution in [0, 0.1) is 11.7 Å². The number of likely N-dealkylation sites (tertiary alicyclic amines) is 1. The average Bonchev–Trinajstić information content (AvgIpc) is 2.92. The normalized spacial score (nSPS) is 15.4. The van der Waals surface area contributed by atoms with Crippen molar-refractivity contribution >= 4 is 28.2 Å². The molecule has 3 aromatic carbocycles. The first-order valence-corrected chi connectivity index (χ1v) is 12.2. The molecule has 196 valence electrons. The van der Waals surface area contributed by atoms with Crippen LogP contribution in [0.15, 0.2) is 79.0 Å². The highest BCUT2D eigenvalue weighted by Crippen LogP contribution is 2.34. The number of nitrogens with one attached hydrogen (secondary N) is 1. The number of benzene rings is 3. The van der Waals surface area contributed by atoms with Gasteiger partial charge >= 0.3 is 6.18 Å². The molecule has 0 radical (unpaired) electrons. The molecular weight excluding hydrogens is 498 g/mol. The first kappa shape index (κ1) is 25.7. The molecule has 1 amide bonds. The third-order valence-corrected chi connectivity index (χ3v) is 6.97. The number of piperidine rings is 1. The van der Waals surface area contributed by atoms with E-state index >= 15 is 0 Å². The fourth-order valence-corrected chi connectivity index (χ4v) is 4.82. The molecule has 5 nitrogen and oxygen atoms in total. The van der Waals surface area contributed by atoms with Crippen molar-refractivity contribution in [3.05, 3.63) is 102 Å². The first-order valence-electron chi connectivity index (χ1n) is 12.2. The number of pyridine rings is 1. The van der Waals surface area contributed by atoms with Crippen molar-refractivity contribution in [1.82, 2.24) is 9.88 Å². The maximum Gasteiger partial charge on any atom is 0.416 e. The zero-order valence-corrected chi connectivity index (χ0v) is 20.3. The van der Waals surface area contributed by atoms with Crippen LogP contribution in [0.25, 0.3) is 10.9 Å². The summed E-state index contributed by atoms with van der Waals surface area (Å²) in [6.07, 6.45) is -2.44. The summed E-state index contributed by atoms with van der Waals surface area (Å²) in [7, 11) is 0. The quantitative estimate of drug-likeness (QED) is 0.285. The number of halogens is 4. The van der Waals surface area contributed by atoms with Gasteiger partial charge in [-0.1, -0.05) is 18.2 Å². The third-order valence-electron chi connectivity index (χ3n) is 6.97. The van der Waals surface area contributed by atoms with Crippen LogP contribution in [0.1, 0.15) is 40.4 Å². The van der Waals surface area contributed by atoms with E-state index in [4.69, 9.17) is 0 Å². The van der Waals surface area contributed by atoms with E-state index in [2.05, 4.69) is 10.3 Å². The molecule has 0 spiro atoms. The van der Waals surface area contributed by atoms with Crippen LogP contribution in [0.5, 0.6) is 0 Å². The number of alkyl halides is 3. The second-order valence-corrected chi connectivity index (χ2v) is 9.42. The highest BCUT2D eigenvalue weighted by atomic mass is 19.4. The summed E-state index contributed by atoms with van der Waals surface area (Å²) >= 11 is 0. The van der Waals surface area contributed by atoms with E-state index in [0.29, 0.717) is 53.8 Å². The average molecular weight is 524 g/mol. The van der Waals surface area contributed by atoms with Gasteiger partial charge in [0.2, 0.25) is 0 Å². The molecule has 5 rings (SSSR count). The highest BCUT2D eigenvalue weighted by molar-refractivity contribution is 5.96. The largest absolute Gasteiger partial charge is 0.416 e. The van der Waals surface area contributed by atoms with Crippen molar-refractivity contribution in [2.75, 3.05) is 18.4 Å². The molecule has 1 aliphatic heterocycles. The van der Waals surface area contributed by atoms with Crippen LogP contribution in [0.3, 0.4) is 0 Å². The molecule has 38 heavy (non-hydrogen) atoms. The van der Waals surface area contributed by atoms with E-state index in [1.807, 2.05) is 0 Å². The summed E-state index contributed by atoms with van der Waals surface area (Å²) in [5, 5.41) is 14.4. The van der Waals surface area contributed by atoms with Crippen LogP contribution in [-0.2, 0) is 6.18 Å². The molecular formula is C29H25F4N3O2. The minimum absolute atomic E-state index is 0.0153. The Bertz CT molecular complexity index is 1430. The summed E-state index contributed by atoms with van der Waals surface area (Å²) in [4.78, 5) is 18.9. The van der Waals surface area contributed by atoms with Gasteiger partial charge in [0.25, 0.3) is 5.91 Å². The molecule has 1 fully saturated rings. The van der Waals surface area contributed by atoms with Crippen LogP contribution in [0.4, 0.5) is 28.9 Å². The smallest absolute Gasteiger partial charge is 0.388 e. The van der Waals surface area contributed by atoms with Crippen LogP contribution >= 0.6 is 0 Å². The number of aromatic nitrogens is 1. The number of carbonyl (C=O) groups is 1. The van der Waals surface area contributed by atoms with Crippen LogP contribution < -0.4 is 5.32 Å². The van der Waals surface area contributed by atoms with E-state index in [1.165, 1.54) is 24.4 Å². The van der Waals surface area contributed by atoms with E-state index in [-0.39, 0.29) is 23.2 Å². The fourth-order valence-electron chi connectivity index (χ4n) is 4.82. The van der Waals surface area contributed by atoms with Crippen molar-refractivity contribution in [3.8, 4) is 0 Å². The number of nitrogens with zero attached hydrogens (tertiary/aromatic N) is 2. The number of aliphatic hydroxyl groups is 1. The van der Waals surface area contributed by atoms with Crippen LogP contribution in [0.2, 0.25) is 0 Å². The molecule has 9 heteroatoms. The van der Waals surface area contributed by atoms with E-state index < -0.39 is 17.8 Å². The molecule has 1 atom stereocenters.